The van der Waals surface area contributed by atoms with E-state index >= 15 is 0 Å². The number of rotatable bonds is 8. The molecule has 42 heavy (non-hydrogen) atoms. The number of amides is 3. The first-order valence-electron chi connectivity index (χ1n) is 15.5. The second kappa shape index (κ2) is 14.0. The number of fused-ring (bicyclic) bond motifs is 1. The zero-order valence-electron chi connectivity index (χ0n) is 24.8. The Morgan fingerprint density at radius 1 is 0.952 bits per heavy atom. The maximum Gasteiger partial charge on any atom is 0.245 e. The first-order chi connectivity index (χ1) is 20.3. The third kappa shape index (κ3) is 7.33. The zero-order valence-corrected chi connectivity index (χ0v) is 25.5. The van der Waals surface area contributed by atoms with Crippen LogP contribution < -0.4 is 16.0 Å². The SMILES string of the molecule is CC(C)C(=O)N(C1CCNCC1)C1CCN(C(=O)[C@@H](Cc2ccc(Cl)cc2)NC(=O)[C@H]2Cc3ccccc3CN2)CC1. The minimum Gasteiger partial charge on any atom is -0.343 e. The van der Waals surface area contributed by atoms with Crippen LogP contribution in [0.5, 0.6) is 0 Å². The molecular weight excluding hydrogens is 550 g/mol. The summed E-state index contributed by atoms with van der Waals surface area (Å²) in [6, 6.07) is 14.9. The van der Waals surface area contributed by atoms with Gasteiger partial charge in [-0.2, -0.15) is 0 Å². The highest BCUT2D eigenvalue weighted by molar-refractivity contribution is 6.30. The zero-order chi connectivity index (χ0) is 29.6. The molecule has 3 amide bonds. The summed E-state index contributed by atoms with van der Waals surface area (Å²) in [5, 5.41) is 10.5. The Labute approximate surface area is 254 Å². The van der Waals surface area contributed by atoms with Crippen molar-refractivity contribution in [3.8, 4) is 0 Å². The van der Waals surface area contributed by atoms with E-state index in [4.69, 9.17) is 11.6 Å². The van der Waals surface area contributed by atoms with Crippen molar-refractivity contribution in [1.82, 2.24) is 25.8 Å². The number of hydrogen-bond acceptors (Lipinski definition) is 5. The molecule has 0 aromatic heterocycles. The molecule has 8 nitrogen and oxygen atoms in total. The van der Waals surface area contributed by atoms with Crippen LogP contribution in [0.4, 0.5) is 0 Å². The third-order valence-electron chi connectivity index (χ3n) is 8.99. The molecule has 3 aliphatic rings. The van der Waals surface area contributed by atoms with E-state index in [1.165, 1.54) is 5.56 Å². The van der Waals surface area contributed by atoms with Crippen molar-refractivity contribution in [3.05, 3.63) is 70.2 Å². The van der Waals surface area contributed by atoms with Crippen molar-refractivity contribution in [2.75, 3.05) is 26.2 Å². The lowest BCUT2D eigenvalue weighted by atomic mass is 9.94. The molecule has 2 atom stereocenters. The highest BCUT2D eigenvalue weighted by Gasteiger charge is 2.37. The maximum absolute atomic E-state index is 14.0. The van der Waals surface area contributed by atoms with Gasteiger partial charge in [-0.25, -0.2) is 0 Å². The molecule has 3 heterocycles. The van der Waals surface area contributed by atoms with Gasteiger partial charge >= 0.3 is 0 Å². The van der Waals surface area contributed by atoms with Crippen LogP contribution in [0, 0.1) is 5.92 Å². The molecular formula is C33H44ClN5O3. The average Bonchev–Trinajstić information content (AvgIpc) is 3.02. The molecule has 2 fully saturated rings. The van der Waals surface area contributed by atoms with E-state index in [0.717, 1.165) is 49.9 Å². The number of nitrogens with zero attached hydrogens (tertiary/aromatic N) is 2. The van der Waals surface area contributed by atoms with Crippen LogP contribution in [0.3, 0.4) is 0 Å². The molecule has 226 valence electrons. The van der Waals surface area contributed by atoms with Gasteiger partial charge in [0.05, 0.1) is 6.04 Å². The van der Waals surface area contributed by atoms with Crippen molar-refractivity contribution in [2.45, 2.75) is 83.1 Å². The van der Waals surface area contributed by atoms with E-state index in [0.29, 0.717) is 37.5 Å². The predicted octanol–water partition coefficient (Wildman–Crippen LogP) is 3.31. The number of carbonyl (C=O) groups is 3. The minimum atomic E-state index is -0.688. The first-order valence-corrected chi connectivity index (χ1v) is 15.8. The van der Waals surface area contributed by atoms with Crippen LogP contribution in [0.1, 0.15) is 56.2 Å². The third-order valence-corrected chi connectivity index (χ3v) is 9.24. The predicted molar refractivity (Wildman–Crippen MR) is 165 cm³/mol. The molecule has 2 saturated heterocycles. The van der Waals surface area contributed by atoms with Crippen molar-refractivity contribution < 1.29 is 14.4 Å². The van der Waals surface area contributed by atoms with Gasteiger partial charge in [0.15, 0.2) is 0 Å². The Kier molecular flexibility index (Phi) is 10.2. The summed E-state index contributed by atoms with van der Waals surface area (Å²) >= 11 is 6.11. The smallest absolute Gasteiger partial charge is 0.245 e. The fourth-order valence-electron chi connectivity index (χ4n) is 6.59. The van der Waals surface area contributed by atoms with Crippen LogP contribution in [-0.4, -0.2) is 77.9 Å². The average molecular weight is 594 g/mol. The molecule has 0 unspecified atom stereocenters. The number of halogens is 1. The fraction of sp³-hybridized carbons (Fsp3) is 0.545. The Bertz CT molecular complexity index is 1240. The highest BCUT2D eigenvalue weighted by atomic mass is 35.5. The lowest BCUT2D eigenvalue weighted by molar-refractivity contribution is -0.144. The molecule has 0 bridgehead atoms. The van der Waals surface area contributed by atoms with E-state index in [2.05, 4.69) is 33.0 Å². The van der Waals surface area contributed by atoms with Gasteiger partial charge in [-0.15, -0.1) is 0 Å². The van der Waals surface area contributed by atoms with Gasteiger partial charge in [0, 0.05) is 49.1 Å². The van der Waals surface area contributed by atoms with Gasteiger partial charge in [0.1, 0.15) is 6.04 Å². The van der Waals surface area contributed by atoms with E-state index in [-0.39, 0.29) is 35.7 Å². The van der Waals surface area contributed by atoms with Crippen molar-refractivity contribution >= 4 is 29.3 Å². The number of hydrogen-bond donors (Lipinski definition) is 3. The monoisotopic (exact) mass is 593 g/mol. The van der Waals surface area contributed by atoms with Gasteiger partial charge < -0.3 is 25.8 Å². The maximum atomic E-state index is 14.0. The number of likely N-dealkylation sites (tertiary alicyclic amines) is 1. The Hall–Kier alpha value is -2.94. The minimum absolute atomic E-state index is 0.0566. The summed E-state index contributed by atoms with van der Waals surface area (Å²) in [7, 11) is 0. The van der Waals surface area contributed by atoms with Crippen LogP contribution >= 0.6 is 11.6 Å². The van der Waals surface area contributed by atoms with E-state index in [1.54, 1.807) is 0 Å². The summed E-state index contributed by atoms with van der Waals surface area (Å²) in [6.07, 6.45) is 4.40. The quantitative estimate of drug-likeness (QED) is 0.437. The second-order valence-corrected chi connectivity index (χ2v) is 12.7. The lowest BCUT2D eigenvalue weighted by Crippen LogP contribution is -2.59. The molecule has 5 rings (SSSR count). The van der Waals surface area contributed by atoms with Crippen molar-refractivity contribution in [1.29, 1.82) is 0 Å². The summed E-state index contributed by atoms with van der Waals surface area (Å²) in [6.45, 7) is 7.56. The molecule has 0 aliphatic carbocycles. The molecule has 2 aromatic rings. The standard InChI is InChI=1S/C33H44ClN5O3/c1-22(2)32(41)39(27-11-15-35-16-12-27)28-13-17-38(18-14-28)33(42)30(19-23-7-9-26(34)10-8-23)37-31(40)29-20-24-5-3-4-6-25(24)21-36-29/h3-10,22,27-30,35-36H,11-21H2,1-2H3,(H,37,40)/t29-,30-/m1/s1. The van der Waals surface area contributed by atoms with E-state index < -0.39 is 12.1 Å². The second-order valence-electron chi connectivity index (χ2n) is 12.2. The normalized spacial score (nSPS) is 20.6. The molecule has 3 N–H and O–H groups in total. The molecule has 9 heteroatoms. The molecule has 0 saturated carbocycles. The summed E-state index contributed by atoms with van der Waals surface area (Å²) < 4.78 is 0. The molecule has 0 spiro atoms. The van der Waals surface area contributed by atoms with Gasteiger partial charge in [-0.3, -0.25) is 14.4 Å². The van der Waals surface area contributed by atoms with Crippen LogP contribution in [0.25, 0.3) is 0 Å². The summed E-state index contributed by atoms with van der Waals surface area (Å²) in [5.74, 6) is -0.0807. The van der Waals surface area contributed by atoms with Gasteiger partial charge in [-0.05, 0) is 74.0 Å². The number of nitrogens with one attached hydrogen (secondary N) is 3. The van der Waals surface area contributed by atoms with Gasteiger partial charge in [-0.1, -0.05) is 61.8 Å². The lowest BCUT2D eigenvalue weighted by Gasteiger charge is -2.45. The molecule has 0 radical (unpaired) electrons. The molecule has 2 aromatic carbocycles. The van der Waals surface area contributed by atoms with Crippen LogP contribution in [-0.2, 0) is 33.8 Å². The van der Waals surface area contributed by atoms with Crippen LogP contribution in [0.2, 0.25) is 5.02 Å². The van der Waals surface area contributed by atoms with Gasteiger partial charge in [0.25, 0.3) is 0 Å². The molecule has 3 aliphatic heterocycles. The topological polar surface area (TPSA) is 93.8 Å². The highest BCUT2D eigenvalue weighted by Crippen LogP contribution is 2.26. The fourth-order valence-corrected chi connectivity index (χ4v) is 6.72. The number of piperidine rings is 2. The summed E-state index contributed by atoms with van der Waals surface area (Å²) in [4.78, 5) is 44.8. The Morgan fingerprint density at radius 2 is 1.60 bits per heavy atom. The Morgan fingerprint density at radius 3 is 2.26 bits per heavy atom. The largest absolute Gasteiger partial charge is 0.343 e. The first kappa shape index (κ1) is 30.5. The Balaban J connectivity index is 1.27. The van der Waals surface area contributed by atoms with E-state index in [9.17, 15) is 14.4 Å². The number of benzene rings is 2. The van der Waals surface area contributed by atoms with Gasteiger partial charge in [0.2, 0.25) is 17.7 Å². The van der Waals surface area contributed by atoms with Crippen LogP contribution in [0.15, 0.2) is 48.5 Å². The van der Waals surface area contributed by atoms with Crippen molar-refractivity contribution in [2.24, 2.45) is 5.92 Å². The summed E-state index contributed by atoms with van der Waals surface area (Å²) in [5.41, 5.74) is 3.30. The van der Waals surface area contributed by atoms with E-state index in [1.807, 2.05) is 55.1 Å². The number of carbonyl (C=O) groups excluding carboxylic acids is 3. The van der Waals surface area contributed by atoms with Crippen molar-refractivity contribution in [3.63, 3.8) is 0 Å².